The number of para-hydroxylation sites is 2. The zero-order valence-corrected chi connectivity index (χ0v) is 27.3. The minimum atomic E-state index is 0.286. The van der Waals surface area contributed by atoms with E-state index < -0.39 is 0 Å². The van der Waals surface area contributed by atoms with E-state index in [1.165, 1.54) is 78.3 Å². The number of anilines is 3. The van der Waals surface area contributed by atoms with Crippen molar-refractivity contribution in [2.75, 3.05) is 4.90 Å². The fourth-order valence-electron chi connectivity index (χ4n) is 7.11. The van der Waals surface area contributed by atoms with Crippen molar-refractivity contribution in [2.24, 2.45) is 0 Å². The molecule has 0 atom stereocenters. The fourth-order valence-corrected chi connectivity index (χ4v) is 10.6. The second-order valence-corrected chi connectivity index (χ2v) is 15.1. The quantitative estimate of drug-likeness (QED) is 0.169. The topological polar surface area (TPSA) is 8.17 Å². The first-order chi connectivity index (χ1) is 22.8. The van der Waals surface area contributed by atoms with Crippen LogP contribution in [0.1, 0.15) is 0 Å². The predicted molar refractivity (Wildman–Crippen MR) is 200 cm³/mol. The Morgan fingerprint density at radius 3 is 1.91 bits per heavy atom. The van der Waals surface area contributed by atoms with Crippen LogP contribution in [0.3, 0.4) is 0 Å². The molecule has 0 fully saturated rings. The fraction of sp³-hybridized carbons (Fsp3) is 0. The van der Waals surface area contributed by atoms with E-state index in [9.17, 15) is 0 Å². The Morgan fingerprint density at radius 2 is 1.02 bits per heavy atom. The molecule has 0 saturated carbocycles. The van der Waals surface area contributed by atoms with Gasteiger partial charge in [0.25, 0.3) is 0 Å². The summed E-state index contributed by atoms with van der Waals surface area (Å²) in [6.07, 6.45) is 0. The molecule has 0 spiro atoms. The first kappa shape index (κ1) is 26.1. The Labute approximate surface area is 275 Å². The molecule has 0 aliphatic rings. The minimum absolute atomic E-state index is 0.286. The number of fused-ring (bicyclic) bond motifs is 9. The Balaban J connectivity index is 1.24. The van der Waals surface area contributed by atoms with Crippen molar-refractivity contribution >= 4 is 104 Å². The maximum absolute atomic E-state index is 2.46. The average molecular weight is 670 g/mol. The molecule has 0 aliphatic heterocycles. The third-order valence-corrected chi connectivity index (χ3v) is 12.7. The summed E-state index contributed by atoms with van der Waals surface area (Å²) in [4.78, 5) is 2.46. The second-order valence-electron chi connectivity index (χ2n) is 11.8. The number of hydrogen-bond donors (Lipinski definition) is 0. The van der Waals surface area contributed by atoms with E-state index in [1.54, 1.807) is 0 Å². The Bertz CT molecular complexity index is 2770. The Hall–Kier alpha value is -5.12. The molecule has 10 rings (SSSR count). The monoisotopic (exact) mass is 670 g/mol. The molecule has 3 heterocycles. The van der Waals surface area contributed by atoms with Gasteiger partial charge in [-0.1, -0.05) is 6.07 Å². The van der Waals surface area contributed by atoms with Crippen molar-refractivity contribution in [3.63, 3.8) is 0 Å². The van der Waals surface area contributed by atoms with Crippen LogP contribution in [-0.2, 0) is 0 Å². The maximum atomic E-state index is 2.46. The summed E-state index contributed by atoms with van der Waals surface area (Å²) in [5.41, 5.74) is 7.13. The van der Waals surface area contributed by atoms with Gasteiger partial charge >= 0.3 is 271 Å². The van der Waals surface area contributed by atoms with E-state index in [0.29, 0.717) is 0 Å². The van der Waals surface area contributed by atoms with Gasteiger partial charge < -0.3 is 0 Å². The van der Waals surface area contributed by atoms with Crippen molar-refractivity contribution < 1.29 is 0 Å². The van der Waals surface area contributed by atoms with Gasteiger partial charge in [0.15, 0.2) is 0 Å². The first-order valence-corrected chi connectivity index (χ1v) is 18.0. The molecule has 0 amide bonds. The van der Waals surface area contributed by atoms with Crippen LogP contribution >= 0.6 is 11.3 Å². The zero-order valence-electron chi connectivity index (χ0n) is 24.7. The van der Waals surface area contributed by atoms with E-state index >= 15 is 0 Å². The summed E-state index contributed by atoms with van der Waals surface area (Å²) in [5.74, 6) is 0. The van der Waals surface area contributed by atoms with Crippen molar-refractivity contribution in [1.29, 1.82) is 0 Å². The second kappa shape index (κ2) is 10.2. The summed E-state index contributed by atoms with van der Waals surface area (Å²) < 4.78 is 7.95. The summed E-state index contributed by atoms with van der Waals surface area (Å²) in [5, 5.41) is 7.90. The van der Waals surface area contributed by atoms with Gasteiger partial charge in [0, 0.05) is 0 Å². The first-order valence-electron chi connectivity index (χ1n) is 15.5. The normalized spacial score (nSPS) is 11.9. The van der Waals surface area contributed by atoms with Crippen molar-refractivity contribution in [3.05, 3.63) is 158 Å². The molecule has 10 aromatic rings. The van der Waals surface area contributed by atoms with Gasteiger partial charge in [-0.2, -0.15) is 0 Å². The molecule has 4 heteroatoms. The van der Waals surface area contributed by atoms with Crippen molar-refractivity contribution in [3.8, 4) is 5.69 Å². The number of thiophene rings is 1. The van der Waals surface area contributed by atoms with Crippen LogP contribution < -0.4 is 4.90 Å². The van der Waals surface area contributed by atoms with Gasteiger partial charge in [-0.3, -0.25) is 0 Å². The van der Waals surface area contributed by atoms with Gasteiger partial charge in [-0.25, -0.2) is 0 Å². The zero-order chi connectivity index (χ0) is 30.2. The number of nitrogens with zero attached hydrogens (tertiary/aromatic N) is 2. The standard InChI is InChI=1S/C42H26N2SSe/c1-2-10-27(11-3-1)44-37-15-7-4-12-31(37)35-24-28(19-22-38(35)44)43(29-20-23-40-36(25-29)32-13-5-8-16-39(32)45-40)30-18-21-34-33-14-6-9-17-41(33)46-42(34)26-30/h1-26H. The third-order valence-electron chi connectivity index (χ3n) is 9.17. The SMILES string of the molecule is c1ccc(-n2c3ccccc3c3cc(N(c4ccc5c(c4)[se]c4ccccc45)c4ccc5sc6ccccc6c5c4)ccc32)cc1. The Kier molecular flexibility index (Phi) is 5.79. The van der Waals surface area contributed by atoms with Crippen LogP contribution in [-0.4, -0.2) is 19.1 Å². The van der Waals surface area contributed by atoms with Gasteiger partial charge in [-0.05, 0) is 0 Å². The summed E-state index contributed by atoms with van der Waals surface area (Å²) in [6, 6.07) is 58.2. The molecule has 2 nitrogen and oxygen atoms in total. The summed E-state index contributed by atoms with van der Waals surface area (Å²) >= 11 is 2.15. The number of hydrogen-bond acceptors (Lipinski definition) is 2. The van der Waals surface area contributed by atoms with Crippen molar-refractivity contribution in [2.45, 2.75) is 0 Å². The molecule has 46 heavy (non-hydrogen) atoms. The van der Waals surface area contributed by atoms with E-state index in [0.717, 1.165) is 5.69 Å². The third kappa shape index (κ3) is 3.95. The van der Waals surface area contributed by atoms with E-state index in [2.05, 4.69) is 167 Å². The molecule has 0 radical (unpaired) electrons. The predicted octanol–water partition coefficient (Wildman–Crippen LogP) is 12.0. The molecule has 0 bridgehead atoms. The van der Waals surface area contributed by atoms with Crippen LogP contribution in [0.5, 0.6) is 0 Å². The van der Waals surface area contributed by atoms with Gasteiger partial charge in [0.1, 0.15) is 0 Å². The van der Waals surface area contributed by atoms with E-state index in [1.807, 2.05) is 11.3 Å². The molecule has 0 saturated heterocycles. The van der Waals surface area contributed by atoms with Crippen LogP contribution in [0.25, 0.3) is 67.0 Å². The Morgan fingerprint density at radius 1 is 0.413 bits per heavy atom. The number of rotatable bonds is 4. The van der Waals surface area contributed by atoms with Gasteiger partial charge in [0.05, 0.1) is 0 Å². The molecule has 3 aromatic heterocycles. The number of aromatic nitrogens is 1. The van der Waals surface area contributed by atoms with E-state index in [-0.39, 0.29) is 14.5 Å². The molecule has 0 aliphatic carbocycles. The van der Waals surface area contributed by atoms with Gasteiger partial charge in [0.2, 0.25) is 0 Å². The molecule has 0 unspecified atom stereocenters. The molecule has 216 valence electrons. The van der Waals surface area contributed by atoms with Crippen LogP contribution in [0.4, 0.5) is 17.1 Å². The number of benzene rings is 7. The molecule has 7 aromatic carbocycles. The van der Waals surface area contributed by atoms with Crippen LogP contribution in [0.15, 0.2) is 158 Å². The molecular formula is C42H26N2SSe. The van der Waals surface area contributed by atoms with Crippen LogP contribution in [0.2, 0.25) is 0 Å². The van der Waals surface area contributed by atoms with Crippen molar-refractivity contribution in [1.82, 2.24) is 4.57 Å². The summed E-state index contributed by atoms with van der Waals surface area (Å²) in [7, 11) is 0. The summed E-state index contributed by atoms with van der Waals surface area (Å²) in [6.45, 7) is 0. The van der Waals surface area contributed by atoms with E-state index in [4.69, 9.17) is 0 Å². The molecular weight excluding hydrogens is 644 g/mol. The average Bonchev–Trinajstić information content (AvgIpc) is 3.78. The van der Waals surface area contributed by atoms with Crippen LogP contribution in [0, 0.1) is 0 Å². The molecule has 0 N–H and O–H groups in total. The van der Waals surface area contributed by atoms with Gasteiger partial charge in [-0.15, -0.1) is 0 Å².